The number of aromatic hydroxyl groups is 1. The van der Waals surface area contributed by atoms with Gasteiger partial charge in [0.25, 0.3) is 5.91 Å². The van der Waals surface area contributed by atoms with Gasteiger partial charge in [0.05, 0.1) is 6.26 Å². The van der Waals surface area contributed by atoms with Gasteiger partial charge in [0.2, 0.25) is 0 Å². The van der Waals surface area contributed by atoms with Crippen LogP contribution in [0.25, 0.3) is 0 Å². The first-order chi connectivity index (χ1) is 11.8. The lowest BCUT2D eigenvalue weighted by Gasteiger charge is -2.45. The number of phenols is 1. The zero-order valence-corrected chi connectivity index (χ0v) is 15.4. The summed E-state index contributed by atoms with van der Waals surface area (Å²) < 4.78 is 5.26. The van der Waals surface area contributed by atoms with Crippen LogP contribution in [0, 0.1) is 18.8 Å². The number of aryl methyl sites for hydroxylation is 1. The van der Waals surface area contributed by atoms with Gasteiger partial charge in [-0.25, -0.2) is 0 Å². The summed E-state index contributed by atoms with van der Waals surface area (Å²) in [6.07, 6.45) is 3.39. The van der Waals surface area contributed by atoms with Crippen LogP contribution >= 0.6 is 0 Å². The summed E-state index contributed by atoms with van der Waals surface area (Å²) in [7, 11) is 0. The highest BCUT2D eigenvalue weighted by Gasteiger charge is 2.41. The topological polar surface area (TPSA) is 62.5 Å². The maximum atomic E-state index is 12.3. The van der Waals surface area contributed by atoms with Gasteiger partial charge < -0.3 is 14.8 Å². The minimum atomic E-state index is -0.168. The van der Waals surface area contributed by atoms with Crippen molar-refractivity contribution < 1.29 is 14.3 Å². The summed E-state index contributed by atoms with van der Waals surface area (Å²) in [5.74, 6) is 1.54. The summed E-state index contributed by atoms with van der Waals surface area (Å²) in [5, 5.41) is 12.9. The second-order valence-electron chi connectivity index (χ2n) is 7.67. The van der Waals surface area contributed by atoms with Gasteiger partial charge in [-0.15, -0.1) is 0 Å². The van der Waals surface area contributed by atoms with Gasteiger partial charge in [-0.05, 0) is 66.3 Å². The summed E-state index contributed by atoms with van der Waals surface area (Å²) >= 11 is 0. The highest BCUT2D eigenvalue weighted by molar-refractivity contribution is 5.92. The van der Waals surface area contributed by atoms with Crippen LogP contribution in [-0.2, 0) is 11.8 Å². The lowest BCUT2D eigenvalue weighted by atomic mass is 9.60. The largest absolute Gasteiger partial charge is 0.508 e. The highest BCUT2D eigenvalue weighted by atomic mass is 16.3. The Bertz CT molecular complexity index is 779. The van der Waals surface area contributed by atoms with Gasteiger partial charge in [-0.3, -0.25) is 4.79 Å². The van der Waals surface area contributed by atoms with Crippen molar-refractivity contribution in [3.63, 3.8) is 0 Å². The van der Waals surface area contributed by atoms with Crippen molar-refractivity contribution in [1.29, 1.82) is 0 Å². The highest BCUT2D eigenvalue weighted by Crippen LogP contribution is 2.47. The molecule has 1 aromatic carbocycles. The average Bonchev–Trinajstić information content (AvgIpc) is 3.00. The number of nitrogens with one attached hydrogen (secondary N) is 1. The molecule has 1 aliphatic carbocycles. The second kappa shape index (κ2) is 6.58. The van der Waals surface area contributed by atoms with E-state index in [1.807, 2.05) is 19.1 Å². The molecule has 0 saturated carbocycles. The van der Waals surface area contributed by atoms with Crippen LogP contribution < -0.4 is 5.32 Å². The molecule has 0 spiro atoms. The van der Waals surface area contributed by atoms with Crippen LogP contribution in [0.4, 0.5) is 0 Å². The molecule has 1 amide bonds. The van der Waals surface area contributed by atoms with Gasteiger partial charge >= 0.3 is 0 Å². The third kappa shape index (κ3) is 3.17. The zero-order chi connectivity index (χ0) is 18.2. The Morgan fingerprint density at radius 3 is 2.80 bits per heavy atom. The second-order valence-corrected chi connectivity index (χ2v) is 7.67. The van der Waals surface area contributed by atoms with Crippen LogP contribution in [-0.4, -0.2) is 17.6 Å². The van der Waals surface area contributed by atoms with Crippen LogP contribution in [0.2, 0.25) is 0 Å². The van der Waals surface area contributed by atoms with Crippen molar-refractivity contribution in [3.05, 3.63) is 53.0 Å². The van der Waals surface area contributed by atoms with E-state index in [4.69, 9.17) is 4.42 Å². The van der Waals surface area contributed by atoms with Crippen molar-refractivity contribution in [2.24, 2.45) is 11.8 Å². The number of carbonyl (C=O) groups excluding carboxylic acids is 1. The first-order valence-electron chi connectivity index (χ1n) is 8.97. The quantitative estimate of drug-likeness (QED) is 0.876. The fourth-order valence-corrected chi connectivity index (χ4v) is 4.15. The van der Waals surface area contributed by atoms with E-state index >= 15 is 0 Å². The molecule has 1 aromatic heterocycles. The fourth-order valence-electron chi connectivity index (χ4n) is 4.15. The predicted molar refractivity (Wildman–Crippen MR) is 97.9 cm³/mol. The first-order valence-corrected chi connectivity index (χ1v) is 8.97. The van der Waals surface area contributed by atoms with Gasteiger partial charge in [0.15, 0.2) is 5.76 Å². The molecule has 0 radical (unpaired) electrons. The predicted octanol–water partition coefficient (Wildman–Crippen LogP) is 4.20. The summed E-state index contributed by atoms with van der Waals surface area (Å²) in [4.78, 5) is 12.3. The molecule has 1 heterocycles. The number of furan rings is 1. The minimum absolute atomic E-state index is 0.0861. The molecule has 134 valence electrons. The summed E-state index contributed by atoms with van der Waals surface area (Å²) in [6, 6.07) is 7.50. The van der Waals surface area contributed by atoms with E-state index in [2.05, 4.69) is 26.1 Å². The van der Waals surface area contributed by atoms with Gasteiger partial charge in [-0.1, -0.05) is 26.8 Å². The Hall–Kier alpha value is -2.23. The fraction of sp³-hybridized carbons (Fsp3) is 0.476. The number of amides is 1. The molecule has 4 nitrogen and oxygen atoms in total. The molecule has 4 heteroatoms. The third-order valence-corrected chi connectivity index (χ3v) is 6.11. The SMILES string of the molecule is Cc1ccoc1C(=O)NCC[C@@]1(C)c2cc(O)ccc2C[C@@H](C)[C@@H]1C. The van der Waals surface area contributed by atoms with Crippen LogP contribution in [0.3, 0.4) is 0 Å². The van der Waals surface area contributed by atoms with Gasteiger partial charge in [-0.2, -0.15) is 0 Å². The zero-order valence-electron chi connectivity index (χ0n) is 15.4. The molecule has 2 aromatic rings. The van der Waals surface area contributed by atoms with E-state index in [1.165, 1.54) is 17.4 Å². The van der Waals surface area contributed by atoms with Crippen molar-refractivity contribution in [1.82, 2.24) is 5.32 Å². The number of hydrogen-bond donors (Lipinski definition) is 2. The maximum Gasteiger partial charge on any atom is 0.287 e. The van der Waals surface area contributed by atoms with Crippen LogP contribution in [0.15, 0.2) is 34.9 Å². The van der Waals surface area contributed by atoms with Gasteiger partial charge in [0, 0.05) is 12.1 Å². The molecule has 2 N–H and O–H groups in total. The van der Waals surface area contributed by atoms with Crippen molar-refractivity contribution >= 4 is 5.91 Å². The molecular formula is C21H27NO3. The molecule has 3 atom stereocenters. The number of fused-ring (bicyclic) bond motifs is 1. The van der Waals surface area contributed by atoms with E-state index in [0.29, 0.717) is 29.9 Å². The van der Waals surface area contributed by atoms with E-state index < -0.39 is 0 Å². The molecule has 0 fully saturated rings. The number of benzene rings is 1. The van der Waals surface area contributed by atoms with Gasteiger partial charge in [0.1, 0.15) is 5.75 Å². The van der Waals surface area contributed by atoms with E-state index in [1.54, 1.807) is 12.1 Å². The van der Waals surface area contributed by atoms with Crippen LogP contribution in [0.5, 0.6) is 5.75 Å². The minimum Gasteiger partial charge on any atom is -0.508 e. The van der Waals surface area contributed by atoms with Crippen molar-refractivity contribution in [2.75, 3.05) is 6.54 Å². The lowest BCUT2D eigenvalue weighted by molar-refractivity contribution is 0.0916. The Labute approximate surface area is 149 Å². The summed E-state index contributed by atoms with van der Waals surface area (Å²) in [5.41, 5.74) is 3.27. The molecule has 3 rings (SSSR count). The Morgan fingerprint density at radius 1 is 1.36 bits per heavy atom. The molecule has 0 unspecified atom stereocenters. The Kier molecular flexibility index (Phi) is 4.63. The third-order valence-electron chi connectivity index (χ3n) is 6.11. The van der Waals surface area contributed by atoms with Crippen molar-refractivity contribution in [3.8, 4) is 5.75 Å². The maximum absolute atomic E-state index is 12.3. The lowest BCUT2D eigenvalue weighted by Crippen LogP contribution is -2.42. The van der Waals surface area contributed by atoms with Crippen LogP contribution in [0.1, 0.15) is 54.4 Å². The molecule has 0 bridgehead atoms. The number of phenolic OH excluding ortho intramolecular Hbond substituents is 1. The molecule has 25 heavy (non-hydrogen) atoms. The molecule has 0 aliphatic heterocycles. The molecule has 0 saturated heterocycles. The Balaban J connectivity index is 1.77. The average molecular weight is 341 g/mol. The Morgan fingerprint density at radius 2 is 2.12 bits per heavy atom. The number of carbonyl (C=O) groups is 1. The standard InChI is InChI=1S/C21H27NO3/c1-13-7-10-25-19(13)20(24)22-9-8-21(4)15(3)14(2)11-16-5-6-17(23)12-18(16)21/h5-7,10,12,14-15,23H,8-9,11H2,1-4H3,(H,22,24)/t14-,15+,21-/m1/s1. The van der Waals surface area contributed by atoms with E-state index in [-0.39, 0.29) is 11.3 Å². The monoisotopic (exact) mass is 341 g/mol. The number of rotatable bonds is 4. The first kappa shape index (κ1) is 17.6. The van der Waals surface area contributed by atoms with Crippen molar-refractivity contribution in [2.45, 2.75) is 46.0 Å². The molecular weight excluding hydrogens is 314 g/mol. The summed E-state index contributed by atoms with van der Waals surface area (Å²) in [6.45, 7) is 9.24. The molecule has 1 aliphatic rings. The normalized spacial score (nSPS) is 25.4. The smallest absolute Gasteiger partial charge is 0.287 e. The number of hydrogen-bond acceptors (Lipinski definition) is 3. The van der Waals surface area contributed by atoms with E-state index in [9.17, 15) is 9.90 Å². The van der Waals surface area contributed by atoms with E-state index in [0.717, 1.165) is 18.4 Å².